The van der Waals surface area contributed by atoms with Gasteiger partial charge in [-0.25, -0.2) is 0 Å². The summed E-state index contributed by atoms with van der Waals surface area (Å²) in [5.41, 5.74) is 0.878. The fraction of sp³-hybridized carbons (Fsp3) is 0.643. The maximum Gasteiger partial charge on any atom is 0.254 e. The molecule has 0 aliphatic heterocycles. The molecule has 0 amide bonds. The van der Waals surface area contributed by atoms with Gasteiger partial charge in [-0.3, -0.25) is 4.79 Å². The van der Waals surface area contributed by atoms with Crippen LogP contribution in [0.4, 0.5) is 0 Å². The summed E-state index contributed by atoms with van der Waals surface area (Å²) >= 11 is 4.34. The van der Waals surface area contributed by atoms with Gasteiger partial charge < -0.3 is 9.47 Å². The fourth-order valence-electron chi connectivity index (χ4n) is 2.05. The molecule has 3 nitrogen and oxygen atoms in total. The van der Waals surface area contributed by atoms with Crippen LogP contribution in [0.25, 0.3) is 0 Å². The Labute approximate surface area is 115 Å². The van der Waals surface area contributed by atoms with Crippen LogP contribution in [0.15, 0.2) is 23.1 Å². The molecule has 0 saturated heterocycles. The van der Waals surface area contributed by atoms with E-state index in [-0.39, 0.29) is 10.8 Å². The lowest BCUT2D eigenvalue weighted by atomic mass is 10.2. The highest BCUT2D eigenvalue weighted by atomic mass is 32.1. The minimum absolute atomic E-state index is 0.00673. The SMILES string of the molecule is CCN(CC)CCCn1cccc(C(C)S)c1=O. The summed E-state index contributed by atoms with van der Waals surface area (Å²) in [4.78, 5) is 14.5. The van der Waals surface area contributed by atoms with Crippen molar-refractivity contribution in [2.45, 2.75) is 39.0 Å². The van der Waals surface area contributed by atoms with Crippen LogP contribution in [0.5, 0.6) is 0 Å². The summed E-state index contributed by atoms with van der Waals surface area (Å²) in [6.07, 6.45) is 2.87. The molecule has 0 aliphatic rings. The molecule has 102 valence electrons. The Morgan fingerprint density at radius 2 is 2.06 bits per heavy atom. The summed E-state index contributed by atoms with van der Waals surface area (Å²) in [7, 11) is 0. The van der Waals surface area contributed by atoms with Crippen LogP contribution in [0, 0.1) is 0 Å². The average molecular weight is 268 g/mol. The van der Waals surface area contributed by atoms with Gasteiger partial charge >= 0.3 is 0 Å². The Bertz CT molecular complexity index is 411. The van der Waals surface area contributed by atoms with Gasteiger partial charge in [-0.2, -0.15) is 12.6 Å². The van der Waals surface area contributed by atoms with Crippen LogP contribution in [-0.4, -0.2) is 29.1 Å². The first-order chi connectivity index (χ1) is 8.60. The Morgan fingerprint density at radius 3 is 2.61 bits per heavy atom. The van der Waals surface area contributed by atoms with Crippen LogP contribution >= 0.6 is 12.6 Å². The number of rotatable bonds is 7. The minimum Gasteiger partial charge on any atom is -0.315 e. The van der Waals surface area contributed by atoms with Gasteiger partial charge in [0.15, 0.2) is 0 Å². The molecule has 0 saturated carbocycles. The van der Waals surface area contributed by atoms with E-state index in [2.05, 4.69) is 31.4 Å². The zero-order valence-electron chi connectivity index (χ0n) is 11.6. The number of thiol groups is 1. The van der Waals surface area contributed by atoms with Gasteiger partial charge in [0.05, 0.1) is 0 Å². The van der Waals surface area contributed by atoms with Crippen molar-refractivity contribution in [3.8, 4) is 0 Å². The van der Waals surface area contributed by atoms with E-state index < -0.39 is 0 Å². The Balaban J connectivity index is 2.63. The third kappa shape index (κ3) is 4.18. The molecule has 0 aromatic carbocycles. The van der Waals surface area contributed by atoms with E-state index in [0.29, 0.717) is 0 Å². The molecule has 0 aliphatic carbocycles. The molecule has 0 fully saturated rings. The molecule has 0 N–H and O–H groups in total. The second-order valence-corrected chi connectivity index (χ2v) is 5.29. The normalized spacial score (nSPS) is 12.9. The molecule has 1 rings (SSSR count). The molecular weight excluding hydrogens is 244 g/mol. The minimum atomic E-state index is -0.00673. The summed E-state index contributed by atoms with van der Waals surface area (Å²) < 4.78 is 1.80. The van der Waals surface area contributed by atoms with Crippen molar-refractivity contribution in [3.63, 3.8) is 0 Å². The summed E-state index contributed by atoms with van der Waals surface area (Å²) in [5.74, 6) is 0. The van der Waals surface area contributed by atoms with Crippen molar-refractivity contribution in [2.24, 2.45) is 0 Å². The predicted octanol–water partition coefficient (Wildman–Crippen LogP) is 2.57. The number of nitrogens with zero attached hydrogens (tertiary/aromatic N) is 2. The van der Waals surface area contributed by atoms with Gasteiger partial charge in [0, 0.05) is 23.6 Å². The van der Waals surface area contributed by atoms with E-state index in [0.717, 1.165) is 38.2 Å². The molecule has 0 spiro atoms. The lowest BCUT2D eigenvalue weighted by molar-refractivity contribution is 0.292. The molecular formula is C14H24N2OS. The lowest BCUT2D eigenvalue weighted by Gasteiger charge is -2.18. The Hall–Kier alpha value is -0.740. The smallest absolute Gasteiger partial charge is 0.254 e. The number of hydrogen-bond acceptors (Lipinski definition) is 3. The summed E-state index contributed by atoms with van der Waals surface area (Å²) in [5, 5.41) is -0.00673. The van der Waals surface area contributed by atoms with E-state index in [9.17, 15) is 4.79 Å². The molecule has 1 atom stereocenters. The van der Waals surface area contributed by atoms with Gasteiger partial charge in [0.2, 0.25) is 0 Å². The lowest BCUT2D eigenvalue weighted by Crippen LogP contribution is -2.28. The molecule has 0 bridgehead atoms. The molecule has 1 unspecified atom stereocenters. The Morgan fingerprint density at radius 1 is 1.39 bits per heavy atom. The summed E-state index contributed by atoms with van der Waals surface area (Å²) in [6, 6.07) is 3.79. The van der Waals surface area contributed by atoms with Gasteiger partial charge in [0.1, 0.15) is 0 Å². The van der Waals surface area contributed by atoms with E-state index in [1.54, 1.807) is 4.57 Å². The summed E-state index contributed by atoms with van der Waals surface area (Å²) in [6.45, 7) is 10.2. The van der Waals surface area contributed by atoms with Gasteiger partial charge in [0.25, 0.3) is 5.56 Å². The average Bonchev–Trinajstić information content (AvgIpc) is 2.36. The first-order valence-electron chi connectivity index (χ1n) is 6.69. The Kier molecular flexibility index (Phi) is 6.50. The predicted molar refractivity (Wildman–Crippen MR) is 80.5 cm³/mol. The monoisotopic (exact) mass is 268 g/mol. The first-order valence-corrected chi connectivity index (χ1v) is 7.21. The molecule has 1 heterocycles. The van der Waals surface area contributed by atoms with Crippen LogP contribution in [0.1, 0.15) is 38.0 Å². The van der Waals surface area contributed by atoms with E-state index >= 15 is 0 Å². The van der Waals surface area contributed by atoms with E-state index in [1.807, 2.05) is 25.3 Å². The zero-order chi connectivity index (χ0) is 13.5. The second-order valence-electron chi connectivity index (χ2n) is 4.52. The molecule has 4 heteroatoms. The quantitative estimate of drug-likeness (QED) is 0.769. The largest absolute Gasteiger partial charge is 0.315 e. The van der Waals surface area contributed by atoms with Crippen LogP contribution in [0.2, 0.25) is 0 Å². The molecule has 0 radical (unpaired) electrons. The third-order valence-electron chi connectivity index (χ3n) is 3.27. The highest BCUT2D eigenvalue weighted by molar-refractivity contribution is 7.80. The van der Waals surface area contributed by atoms with Crippen LogP contribution in [0.3, 0.4) is 0 Å². The van der Waals surface area contributed by atoms with E-state index in [1.165, 1.54) is 0 Å². The standard InChI is InChI=1S/C14H24N2OS/c1-4-15(5-2)9-7-11-16-10-6-8-13(12(3)18)14(16)17/h6,8,10,12,18H,4-5,7,9,11H2,1-3H3. The van der Waals surface area contributed by atoms with E-state index in [4.69, 9.17) is 0 Å². The van der Waals surface area contributed by atoms with Gasteiger partial charge in [-0.1, -0.05) is 19.9 Å². The van der Waals surface area contributed by atoms with Gasteiger partial charge in [-0.15, -0.1) is 0 Å². The van der Waals surface area contributed by atoms with Crippen molar-refractivity contribution < 1.29 is 0 Å². The van der Waals surface area contributed by atoms with Gasteiger partial charge in [-0.05, 0) is 39.0 Å². The van der Waals surface area contributed by atoms with Crippen molar-refractivity contribution in [3.05, 3.63) is 34.2 Å². The maximum atomic E-state index is 12.1. The highest BCUT2D eigenvalue weighted by Gasteiger charge is 2.07. The molecule has 1 aromatic heterocycles. The second kappa shape index (κ2) is 7.64. The topological polar surface area (TPSA) is 25.2 Å². The maximum absolute atomic E-state index is 12.1. The third-order valence-corrected chi connectivity index (χ3v) is 3.55. The van der Waals surface area contributed by atoms with Crippen LogP contribution in [-0.2, 0) is 6.54 Å². The fourth-order valence-corrected chi connectivity index (χ4v) is 2.25. The number of hydrogen-bond donors (Lipinski definition) is 1. The van der Waals surface area contributed by atoms with Crippen LogP contribution < -0.4 is 5.56 Å². The van der Waals surface area contributed by atoms with Crippen molar-refractivity contribution in [2.75, 3.05) is 19.6 Å². The number of aromatic nitrogens is 1. The highest BCUT2D eigenvalue weighted by Crippen LogP contribution is 2.13. The zero-order valence-corrected chi connectivity index (χ0v) is 12.5. The van der Waals surface area contributed by atoms with Crippen molar-refractivity contribution in [1.29, 1.82) is 0 Å². The van der Waals surface area contributed by atoms with Crippen molar-refractivity contribution in [1.82, 2.24) is 9.47 Å². The first kappa shape index (κ1) is 15.3. The molecule has 1 aromatic rings. The number of pyridine rings is 1. The molecule has 18 heavy (non-hydrogen) atoms. The van der Waals surface area contributed by atoms with Crippen molar-refractivity contribution >= 4 is 12.6 Å². The number of aryl methyl sites for hydroxylation is 1.